The van der Waals surface area contributed by atoms with E-state index in [0.717, 1.165) is 15.4 Å². The predicted octanol–water partition coefficient (Wildman–Crippen LogP) is 4.16. The van der Waals surface area contributed by atoms with Crippen molar-refractivity contribution in [3.63, 3.8) is 0 Å². The average Bonchev–Trinajstić information content (AvgIpc) is 2.67. The smallest absolute Gasteiger partial charge is 0.141 e. The van der Waals surface area contributed by atoms with Crippen molar-refractivity contribution in [2.45, 2.75) is 28.9 Å². The molecule has 0 fully saturated rings. The van der Waals surface area contributed by atoms with Crippen LogP contribution in [0, 0.1) is 6.92 Å². The number of alkyl halides is 1. The van der Waals surface area contributed by atoms with Crippen molar-refractivity contribution < 1.29 is 24.4 Å². The second kappa shape index (κ2) is 11.8. The lowest BCUT2D eigenvalue weighted by Gasteiger charge is -2.15. The molecule has 2 aromatic rings. The molecule has 28 heavy (non-hydrogen) atoms. The summed E-state index contributed by atoms with van der Waals surface area (Å²) in [4.78, 5) is 1.99. The molecule has 8 heteroatoms. The standard InChI is InChI=1S/C20H24Cl2O5S/c1-13-7-18(8-19(22)20(13)27-11-14(23)9-21)28-17-5-3-16(4-6-17)26-12-15(24)10-25-2/h3-8,14-15,23-24H,9-12H2,1-2H3. The molecular formula is C20H24Cl2O5S. The summed E-state index contributed by atoms with van der Waals surface area (Å²) in [5, 5.41) is 19.6. The van der Waals surface area contributed by atoms with Crippen molar-refractivity contribution in [3.8, 4) is 11.5 Å². The van der Waals surface area contributed by atoms with Gasteiger partial charge in [-0.25, -0.2) is 0 Å². The van der Waals surface area contributed by atoms with E-state index in [1.165, 1.54) is 7.11 Å². The maximum Gasteiger partial charge on any atom is 0.141 e. The van der Waals surface area contributed by atoms with Gasteiger partial charge in [-0.05, 0) is 48.9 Å². The van der Waals surface area contributed by atoms with E-state index < -0.39 is 12.2 Å². The van der Waals surface area contributed by atoms with E-state index in [0.29, 0.717) is 16.5 Å². The number of hydrogen-bond donors (Lipinski definition) is 2. The van der Waals surface area contributed by atoms with Crippen LogP contribution < -0.4 is 9.47 Å². The molecule has 0 saturated carbocycles. The van der Waals surface area contributed by atoms with Gasteiger partial charge < -0.3 is 24.4 Å². The zero-order chi connectivity index (χ0) is 20.5. The van der Waals surface area contributed by atoms with Crippen LogP contribution in [0.15, 0.2) is 46.2 Å². The Labute approximate surface area is 179 Å². The largest absolute Gasteiger partial charge is 0.491 e. The number of halogens is 2. The quantitative estimate of drug-likeness (QED) is 0.505. The van der Waals surface area contributed by atoms with E-state index in [1.54, 1.807) is 11.8 Å². The van der Waals surface area contributed by atoms with Gasteiger partial charge in [-0.2, -0.15) is 0 Å². The van der Waals surface area contributed by atoms with Crippen LogP contribution in [0.2, 0.25) is 5.02 Å². The van der Waals surface area contributed by atoms with Gasteiger partial charge in [0.25, 0.3) is 0 Å². The number of benzene rings is 2. The lowest BCUT2D eigenvalue weighted by molar-refractivity contribution is 0.0325. The maximum absolute atomic E-state index is 9.62. The molecule has 2 rings (SSSR count). The van der Waals surface area contributed by atoms with Gasteiger partial charge in [0.2, 0.25) is 0 Å². The summed E-state index contributed by atoms with van der Waals surface area (Å²) in [6.07, 6.45) is -1.39. The summed E-state index contributed by atoms with van der Waals surface area (Å²) >= 11 is 13.5. The van der Waals surface area contributed by atoms with Gasteiger partial charge in [-0.3, -0.25) is 0 Å². The number of aliphatic hydroxyl groups is 2. The first-order valence-corrected chi connectivity index (χ1v) is 10.4. The minimum absolute atomic E-state index is 0.0943. The Balaban J connectivity index is 1.97. The Kier molecular flexibility index (Phi) is 9.71. The molecule has 0 radical (unpaired) electrons. The van der Waals surface area contributed by atoms with Crippen molar-refractivity contribution in [1.82, 2.24) is 0 Å². The molecule has 0 spiro atoms. The van der Waals surface area contributed by atoms with Crippen LogP contribution in [0.4, 0.5) is 0 Å². The van der Waals surface area contributed by atoms with Crippen LogP contribution >= 0.6 is 35.0 Å². The molecule has 0 amide bonds. The summed E-state index contributed by atoms with van der Waals surface area (Å²) in [5.41, 5.74) is 0.879. The summed E-state index contributed by atoms with van der Waals surface area (Å²) in [5.74, 6) is 1.33. The van der Waals surface area contributed by atoms with Gasteiger partial charge in [0.05, 0.1) is 17.5 Å². The lowest BCUT2D eigenvalue weighted by atomic mass is 10.2. The van der Waals surface area contributed by atoms with Gasteiger partial charge in [-0.1, -0.05) is 23.4 Å². The third kappa shape index (κ3) is 7.35. The van der Waals surface area contributed by atoms with E-state index in [-0.39, 0.29) is 25.7 Å². The molecule has 0 bridgehead atoms. The molecule has 2 unspecified atom stereocenters. The van der Waals surface area contributed by atoms with Gasteiger partial charge >= 0.3 is 0 Å². The van der Waals surface area contributed by atoms with Crippen molar-refractivity contribution in [2.24, 2.45) is 0 Å². The zero-order valence-electron chi connectivity index (χ0n) is 15.7. The minimum Gasteiger partial charge on any atom is -0.491 e. The van der Waals surface area contributed by atoms with Crippen molar-refractivity contribution >= 4 is 35.0 Å². The number of ether oxygens (including phenoxy) is 3. The van der Waals surface area contributed by atoms with Crippen molar-refractivity contribution in [2.75, 3.05) is 32.8 Å². The monoisotopic (exact) mass is 446 g/mol. The second-order valence-corrected chi connectivity index (χ2v) is 8.03. The highest BCUT2D eigenvalue weighted by Crippen LogP contribution is 2.37. The highest BCUT2D eigenvalue weighted by Gasteiger charge is 2.12. The second-order valence-electron chi connectivity index (χ2n) is 6.16. The predicted molar refractivity (Wildman–Crippen MR) is 112 cm³/mol. The Morgan fingerprint density at radius 3 is 2.25 bits per heavy atom. The van der Waals surface area contributed by atoms with E-state index in [4.69, 9.17) is 37.4 Å². The number of hydrogen-bond acceptors (Lipinski definition) is 6. The molecule has 2 atom stereocenters. The Morgan fingerprint density at radius 2 is 1.64 bits per heavy atom. The Morgan fingerprint density at radius 1 is 0.964 bits per heavy atom. The van der Waals surface area contributed by atoms with Crippen LogP contribution in [0.3, 0.4) is 0 Å². The van der Waals surface area contributed by atoms with Crippen molar-refractivity contribution in [3.05, 3.63) is 47.0 Å². The van der Waals surface area contributed by atoms with Gasteiger partial charge in [0.1, 0.15) is 36.9 Å². The summed E-state index contributed by atoms with van der Waals surface area (Å²) in [7, 11) is 1.53. The molecule has 0 heterocycles. The van der Waals surface area contributed by atoms with Gasteiger partial charge in [-0.15, -0.1) is 11.6 Å². The highest BCUT2D eigenvalue weighted by molar-refractivity contribution is 7.99. The fourth-order valence-corrected chi connectivity index (χ4v) is 3.77. The summed E-state index contributed by atoms with van der Waals surface area (Å²) in [6, 6.07) is 11.4. The molecule has 0 aliphatic heterocycles. The minimum atomic E-state index is -0.734. The number of aliphatic hydroxyl groups excluding tert-OH is 2. The van der Waals surface area contributed by atoms with Crippen molar-refractivity contribution in [1.29, 1.82) is 0 Å². The molecule has 0 saturated heterocycles. The third-order valence-corrected chi connectivity index (χ3v) is 5.28. The zero-order valence-corrected chi connectivity index (χ0v) is 18.1. The molecule has 2 aromatic carbocycles. The molecule has 154 valence electrons. The molecule has 0 aliphatic carbocycles. The van der Waals surface area contributed by atoms with Gasteiger partial charge in [0, 0.05) is 16.9 Å². The normalized spacial score (nSPS) is 13.2. The van der Waals surface area contributed by atoms with E-state index in [9.17, 15) is 10.2 Å². The third-order valence-electron chi connectivity index (χ3n) is 3.66. The van der Waals surface area contributed by atoms with Crippen LogP contribution in [0.25, 0.3) is 0 Å². The lowest BCUT2D eigenvalue weighted by Crippen LogP contribution is -2.22. The summed E-state index contributed by atoms with van der Waals surface area (Å²) < 4.78 is 16.0. The number of methoxy groups -OCH3 is 1. The Bertz CT molecular complexity index is 719. The molecule has 0 aromatic heterocycles. The average molecular weight is 447 g/mol. The van der Waals surface area contributed by atoms with E-state index in [2.05, 4.69) is 0 Å². The molecule has 0 aliphatic rings. The van der Waals surface area contributed by atoms with Gasteiger partial charge in [0.15, 0.2) is 0 Å². The first kappa shape index (κ1) is 23.1. The summed E-state index contributed by atoms with van der Waals surface area (Å²) in [6.45, 7) is 2.41. The van der Waals surface area contributed by atoms with Crippen LogP contribution in [-0.4, -0.2) is 55.2 Å². The molecular weight excluding hydrogens is 423 g/mol. The highest BCUT2D eigenvalue weighted by atomic mass is 35.5. The fourth-order valence-electron chi connectivity index (χ4n) is 2.34. The first-order valence-electron chi connectivity index (χ1n) is 8.67. The number of aryl methyl sites for hydroxylation is 1. The Hall–Kier alpha value is -1.15. The van der Waals surface area contributed by atoms with Crippen LogP contribution in [0.1, 0.15) is 5.56 Å². The number of rotatable bonds is 11. The SMILES string of the molecule is COCC(O)COc1ccc(Sc2cc(C)c(OCC(O)CCl)c(Cl)c2)cc1. The topological polar surface area (TPSA) is 68.2 Å². The maximum atomic E-state index is 9.62. The molecule has 5 nitrogen and oxygen atoms in total. The van der Waals surface area contributed by atoms with E-state index >= 15 is 0 Å². The van der Waals surface area contributed by atoms with E-state index in [1.807, 2.05) is 43.3 Å². The molecule has 2 N–H and O–H groups in total. The van der Waals surface area contributed by atoms with Crippen LogP contribution in [-0.2, 0) is 4.74 Å². The first-order chi connectivity index (χ1) is 13.4. The van der Waals surface area contributed by atoms with Crippen LogP contribution in [0.5, 0.6) is 11.5 Å². The fraction of sp³-hybridized carbons (Fsp3) is 0.400.